The maximum atomic E-state index is 12.2. The van der Waals surface area contributed by atoms with Crippen molar-refractivity contribution in [2.24, 2.45) is 11.8 Å². The molecule has 1 rings (SSSR count). The number of aliphatic hydroxyl groups excluding tert-OH is 1. The van der Waals surface area contributed by atoms with Crippen LogP contribution in [0.25, 0.3) is 0 Å². The van der Waals surface area contributed by atoms with Crippen molar-refractivity contribution in [2.75, 3.05) is 26.8 Å². The van der Waals surface area contributed by atoms with Crippen molar-refractivity contribution >= 4 is 16.2 Å². The Balaban J connectivity index is 2.77. The second-order valence-electron chi connectivity index (χ2n) is 5.14. The summed E-state index contributed by atoms with van der Waals surface area (Å²) in [6.07, 6.45) is 0.979. The number of methoxy groups -OCH3 is 1. The summed E-state index contributed by atoms with van der Waals surface area (Å²) in [5.41, 5.74) is 0. The second kappa shape index (κ2) is 6.65. The first kappa shape index (κ1) is 16.4. The molecule has 0 aromatic carbocycles. The number of rotatable bonds is 5. The smallest absolute Gasteiger partial charge is 0.326 e. The van der Waals surface area contributed by atoms with Crippen LogP contribution in [0.15, 0.2) is 0 Å². The standard InChI is InChI=1S/C11H22N2O5S/c1-8-4-9(2)6-13(5-8)19(16,17)12-10(7-14)11(15)18-3/h8-10,12,14H,4-7H2,1-3H3. The number of aliphatic hydroxyl groups is 1. The van der Waals surface area contributed by atoms with Crippen molar-refractivity contribution < 1.29 is 23.1 Å². The van der Waals surface area contributed by atoms with Gasteiger partial charge >= 0.3 is 5.97 Å². The Labute approximate surface area is 114 Å². The molecule has 1 heterocycles. The Kier molecular flexibility index (Phi) is 5.72. The van der Waals surface area contributed by atoms with Crippen LogP contribution in [-0.2, 0) is 19.7 Å². The Morgan fingerprint density at radius 2 is 1.95 bits per heavy atom. The predicted molar refractivity (Wildman–Crippen MR) is 69.5 cm³/mol. The SMILES string of the molecule is COC(=O)C(CO)NS(=O)(=O)N1CC(C)CC(C)C1. The van der Waals surface area contributed by atoms with Gasteiger partial charge in [0.25, 0.3) is 10.2 Å². The number of carbonyl (C=O) groups excluding carboxylic acids is 1. The molecule has 1 saturated heterocycles. The molecular weight excluding hydrogens is 272 g/mol. The predicted octanol–water partition coefficient (Wildman–Crippen LogP) is -0.667. The lowest BCUT2D eigenvalue weighted by molar-refractivity contribution is -0.143. The van der Waals surface area contributed by atoms with E-state index >= 15 is 0 Å². The zero-order valence-corrected chi connectivity index (χ0v) is 12.3. The molecule has 8 heteroatoms. The fourth-order valence-electron chi connectivity index (χ4n) is 2.36. The molecule has 0 spiro atoms. The lowest BCUT2D eigenvalue weighted by Gasteiger charge is -2.34. The van der Waals surface area contributed by atoms with Crippen molar-refractivity contribution in [3.05, 3.63) is 0 Å². The maximum Gasteiger partial charge on any atom is 0.326 e. The van der Waals surface area contributed by atoms with Crippen molar-refractivity contribution in [3.8, 4) is 0 Å². The number of esters is 1. The number of hydrogen-bond donors (Lipinski definition) is 2. The van der Waals surface area contributed by atoms with Gasteiger partial charge in [-0.3, -0.25) is 4.79 Å². The van der Waals surface area contributed by atoms with Crippen LogP contribution >= 0.6 is 0 Å². The third-order valence-corrected chi connectivity index (χ3v) is 4.70. The summed E-state index contributed by atoms with van der Waals surface area (Å²) in [4.78, 5) is 11.3. The van der Waals surface area contributed by atoms with E-state index in [4.69, 9.17) is 5.11 Å². The highest BCUT2D eigenvalue weighted by atomic mass is 32.2. The fraction of sp³-hybridized carbons (Fsp3) is 0.909. The molecule has 1 aliphatic heterocycles. The molecule has 1 aliphatic rings. The van der Waals surface area contributed by atoms with Gasteiger partial charge in [-0.1, -0.05) is 13.8 Å². The van der Waals surface area contributed by atoms with Gasteiger partial charge < -0.3 is 9.84 Å². The number of piperidine rings is 1. The average Bonchev–Trinajstić information content (AvgIpc) is 2.34. The number of nitrogens with zero attached hydrogens (tertiary/aromatic N) is 1. The first-order valence-corrected chi connectivity index (χ1v) is 7.70. The number of hydrogen-bond acceptors (Lipinski definition) is 5. The van der Waals surface area contributed by atoms with Crippen LogP contribution in [0, 0.1) is 11.8 Å². The molecule has 0 radical (unpaired) electrons. The molecule has 0 aliphatic carbocycles. The Morgan fingerprint density at radius 1 is 1.42 bits per heavy atom. The summed E-state index contributed by atoms with van der Waals surface area (Å²) < 4.78 is 32.3. The van der Waals surface area contributed by atoms with Crippen LogP contribution in [0.3, 0.4) is 0 Å². The van der Waals surface area contributed by atoms with E-state index < -0.39 is 28.8 Å². The van der Waals surface area contributed by atoms with E-state index in [1.165, 1.54) is 4.31 Å². The monoisotopic (exact) mass is 294 g/mol. The summed E-state index contributed by atoms with van der Waals surface area (Å²) >= 11 is 0. The molecule has 3 atom stereocenters. The maximum absolute atomic E-state index is 12.2. The van der Waals surface area contributed by atoms with Crippen LogP contribution in [0.4, 0.5) is 0 Å². The van der Waals surface area contributed by atoms with E-state index in [1.807, 2.05) is 13.8 Å². The van der Waals surface area contributed by atoms with Gasteiger partial charge in [-0.05, 0) is 18.3 Å². The first-order valence-electron chi connectivity index (χ1n) is 6.26. The van der Waals surface area contributed by atoms with Gasteiger partial charge in [0.15, 0.2) is 0 Å². The van der Waals surface area contributed by atoms with E-state index in [2.05, 4.69) is 9.46 Å². The van der Waals surface area contributed by atoms with Gasteiger partial charge in [-0.25, -0.2) is 0 Å². The molecule has 0 amide bonds. The summed E-state index contributed by atoms with van der Waals surface area (Å²) in [6, 6.07) is -1.26. The Morgan fingerprint density at radius 3 is 2.37 bits per heavy atom. The molecule has 0 aromatic rings. The van der Waals surface area contributed by atoms with Gasteiger partial charge in [0.1, 0.15) is 6.04 Å². The molecule has 112 valence electrons. The highest BCUT2D eigenvalue weighted by Crippen LogP contribution is 2.22. The minimum Gasteiger partial charge on any atom is -0.468 e. The molecule has 7 nitrogen and oxygen atoms in total. The molecule has 0 aromatic heterocycles. The molecule has 3 unspecified atom stereocenters. The van der Waals surface area contributed by atoms with E-state index in [9.17, 15) is 13.2 Å². The molecule has 0 bridgehead atoms. The Bertz CT molecular complexity index is 401. The van der Waals surface area contributed by atoms with Crippen LogP contribution in [0.1, 0.15) is 20.3 Å². The zero-order valence-electron chi connectivity index (χ0n) is 11.5. The number of carbonyl (C=O) groups is 1. The minimum absolute atomic E-state index is 0.269. The molecule has 1 fully saturated rings. The number of nitrogens with one attached hydrogen (secondary N) is 1. The van der Waals surface area contributed by atoms with Crippen LogP contribution in [0.2, 0.25) is 0 Å². The van der Waals surface area contributed by atoms with Crippen molar-refractivity contribution in [1.82, 2.24) is 9.03 Å². The minimum atomic E-state index is -3.79. The first-order chi connectivity index (χ1) is 8.80. The summed E-state index contributed by atoms with van der Waals surface area (Å²) in [5.74, 6) is -0.263. The average molecular weight is 294 g/mol. The fourth-order valence-corrected chi connectivity index (χ4v) is 3.94. The van der Waals surface area contributed by atoms with Gasteiger partial charge in [0.05, 0.1) is 13.7 Å². The molecule has 2 N–H and O–H groups in total. The largest absolute Gasteiger partial charge is 0.468 e. The highest BCUT2D eigenvalue weighted by molar-refractivity contribution is 7.87. The van der Waals surface area contributed by atoms with Crippen molar-refractivity contribution in [3.63, 3.8) is 0 Å². The van der Waals surface area contributed by atoms with Crippen molar-refractivity contribution in [2.45, 2.75) is 26.3 Å². The lowest BCUT2D eigenvalue weighted by Crippen LogP contribution is -2.53. The quantitative estimate of drug-likeness (QED) is 0.656. The van der Waals surface area contributed by atoms with Gasteiger partial charge in [-0.2, -0.15) is 17.4 Å². The highest BCUT2D eigenvalue weighted by Gasteiger charge is 2.33. The molecule has 0 saturated carbocycles. The van der Waals surface area contributed by atoms with Crippen LogP contribution in [-0.4, -0.2) is 56.6 Å². The molecule has 19 heavy (non-hydrogen) atoms. The third-order valence-electron chi connectivity index (χ3n) is 3.13. The lowest BCUT2D eigenvalue weighted by atomic mass is 9.94. The normalized spacial score (nSPS) is 26.9. The van der Waals surface area contributed by atoms with Crippen LogP contribution in [0.5, 0.6) is 0 Å². The van der Waals surface area contributed by atoms with Gasteiger partial charge in [0.2, 0.25) is 0 Å². The van der Waals surface area contributed by atoms with Crippen molar-refractivity contribution in [1.29, 1.82) is 0 Å². The number of ether oxygens (including phenoxy) is 1. The summed E-state index contributed by atoms with van der Waals surface area (Å²) in [7, 11) is -2.65. The summed E-state index contributed by atoms with van der Waals surface area (Å²) in [6.45, 7) is 4.17. The Hall–Kier alpha value is -0.700. The van der Waals surface area contributed by atoms with E-state index in [0.29, 0.717) is 13.1 Å². The summed E-state index contributed by atoms with van der Waals surface area (Å²) in [5, 5.41) is 9.05. The molecular formula is C11H22N2O5S. The van der Waals surface area contributed by atoms with Gasteiger partial charge in [0, 0.05) is 13.1 Å². The van der Waals surface area contributed by atoms with E-state index in [-0.39, 0.29) is 11.8 Å². The topological polar surface area (TPSA) is 95.9 Å². The third kappa shape index (κ3) is 4.41. The van der Waals surface area contributed by atoms with E-state index in [1.54, 1.807) is 0 Å². The van der Waals surface area contributed by atoms with Gasteiger partial charge in [-0.15, -0.1) is 0 Å². The second-order valence-corrected chi connectivity index (χ2v) is 6.85. The zero-order chi connectivity index (χ0) is 14.6. The van der Waals surface area contributed by atoms with E-state index in [0.717, 1.165) is 13.5 Å². The van der Waals surface area contributed by atoms with Crippen LogP contribution < -0.4 is 4.72 Å².